The normalized spacial score (nSPS) is 15.6. The van der Waals surface area contributed by atoms with Crippen molar-refractivity contribution in [2.45, 2.75) is 57.8 Å². The van der Waals surface area contributed by atoms with Gasteiger partial charge in [0.1, 0.15) is 0 Å². The Morgan fingerprint density at radius 1 is 0.263 bits per heavy atom. The van der Waals surface area contributed by atoms with E-state index in [1.54, 1.807) is 0 Å². The fraction of sp³-hybridized carbons (Fsp3) is 0.164. The highest BCUT2D eigenvalue weighted by Crippen LogP contribution is 2.53. The van der Waals surface area contributed by atoms with Crippen LogP contribution in [0, 0.1) is 0 Å². The molecule has 2 heterocycles. The molecule has 2 nitrogen and oxygen atoms in total. The van der Waals surface area contributed by atoms with Crippen molar-refractivity contribution in [1.82, 2.24) is 9.97 Å². The topological polar surface area (TPSA) is 25.8 Å². The first-order valence-electron chi connectivity index (χ1n) is 20.2. The molecule has 0 bridgehead atoms. The molecular formula is C55H44N2. The highest BCUT2D eigenvalue weighted by molar-refractivity contribution is 5.87. The number of pyridine rings is 2. The molecular weight excluding hydrogens is 689 g/mol. The Morgan fingerprint density at radius 3 is 0.842 bits per heavy atom. The molecule has 3 aliphatic rings. The molecule has 0 spiro atoms. The van der Waals surface area contributed by atoms with E-state index < -0.39 is 0 Å². The molecule has 274 valence electrons. The van der Waals surface area contributed by atoms with E-state index in [4.69, 9.17) is 9.97 Å². The first kappa shape index (κ1) is 33.9. The van der Waals surface area contributed by atoms with Gasteiger partial charge in [-0.05, 0) is 115 Å². The molecule has 3 aliphatic carbocycles. The molecule has 11 rings (SSSR count). The quantitative estimate of drug-likeness (QED) is 0.180. The Labute approximate surface area is 336 Å². The first-order valence-corrected chi connectivity index (χ1v) is 20.2. The van der Waals surface area contributed by atoms with Crippen LogP contribution in [0.15, 0.2) is 158 Å². The van der Waals surface area contributed by atoms with Gasteiger partial charge in [-0.25, -0.2) is 9.97 Å². The van der Waals surface area contributed by atoms with Gasteiger partial charge in [-0.2, -0.15) is 0 Å². The molecule has 2 heteroatoms. The summed E-state index contributed by atoms with van der Waals surface area (Å²) in [6, 6.07) is 58.1. The molecule has 0 atom stereocenters. The van der Waals surface area contributed by atoms with Crippen LogP contribution >= 0.6 is 0 Å². The summed E-state index contributed by atoms with van der Waals surface area (Å²) in [5.74, 6) is 0. The maximum Gasteiger partial charge on any atom is 0.0709 e. The van der Waals surface area contributed by atoms with Crippen LogP contribution < -0.4 is 0 Å². The zero-order valence-electron chi connectivity index (χ0n) is 33.4. The summed E-state index contributed by atoms with van der Waals surface area (Å²) >= 11 is 0. The second-order valence-electron chi connectivity index (χ2n) is 17.8. The average Bonchev–Trinajstić information content (AvgIpc) is 3.72. The van der Waals surface area contributed by atoms with Crippen molar-refractivity contribution in [2.24, 2.45) is 0 Å². The highest BCUT2D eigenvalue weighted by atomic mass is 14.7. The molecule has 0 fully saturated rings. The number of aromatic nitrogens is 2. The minimum absolute atomic E-state index is 0.0496. The van der Waals surface area contributed by atoms with Gasteiger partial charge in [0.15, 0.2) is 0 Å². The zero-order chi connectivity index (χ0) is 38.8. The van der Waals surface area contributed by atoms with Gasteiger partial charge in [0.25, 0.3) is 0 Å². The largest absolute Gasteiger partial charge is 0.248 e. The van der Waals surface area contributed by atoms with Gasteiger partial charge in [-0.1, -0.05) is 151 Å². The minimum Gasteiger partial charge on any atom is -0.248 e. The summed E-state index contributed by atoms with van der Waals surface area (Å²) in [5.41, 5.74) is 24.4. The minimum atomic E-state index is -0.187. The average molecular weight is 733 g/mol. The molecule has 6 aromatic carbocycles. The lowest BCUT2D eigenvalue weighted by Gasteiger charge is -2.23. The summed E-state index contributed by atoms with van der Waals surface area (Å²) in [6.07, 6.45) is 0. The third kappa shape index (κ3) is 4.89. The van der Waals surface area contributed by atoms with Crippen LogP contribution in [-0.2, 0) is 16.2 Å². The standard InChI is InChI=1S/C55H44N2/c1-53(2)43-15-9-7-13-37(43)39-25-21-33(29-45(39)53)49-17-11-19-51(56-49)35-23-27-41-42-28-24-36(32-48(42)55(5,6)47(41)31-35)52-20-12-18-50(57-52)34-22-26-40-38-14-8-10-16-44(38)54(3,4)46(40)30-34/h7-32H,1-6H3. The lowest BCUT2D eigenvalue weighted by molar-refractivity contribution is 0.660. The molecule has 0 saturated carbocycles. The van der Waals surface area contributed by atoms with Crippen LogP contribution in [0.3, 0.4) is 0 Å². The van der Waals surface area contributed by atoms with E-state index in [2.05, 4.69) is 199 Å². The Hall–Kier alpha value is -6.38. The van der Waals surface area contributed by atoms with Gasteiger partial charge in [0.2, 0.25) is 0 Å². The maximum atomic E-state index is 5.27. The molecule has 57 heavy (non-hydrogen) atoms. The smallest absolute Gasteiger partial charge is 0.0709 e. The molecule has 0 N–H and O–H groups in total. The van der Waals surface area contributed by atoms with E-state index >= 15 is 0 Å². The highest BCUT2D eigenvalue weighted by Gasteiger charge is 2.38. The summed E-state index contributed by atoms with van der Waals surface area (Å²) in [4.78, 5) is 10.5. The SMILES string of the molecule is CC1(C)c2ccccc2-c2ccc(-c3cccc(-c4ccc5c(c4)C(C)(C)c4cc(-c6cccc(-c7ccc8c(c7)C(C)(C)c7ccccc7-8)n6)ccc4-5)n3)cc21. The lowest BCUT2D eigenvalue weighted by Crippen LogP contribution is -2.15. The Bertz CT molecular complexity index is 2790. The van der Waals surface area contributed by atoms with Crippen LogP contribution in [0.4, 0.5) is 0 Å². The molecule has 0 aliphatic heterocycles. The maximum absolute atomic E-state index is 5.27. The molecule has 0 amide bonds. The Morgan fingerprint density at radius 2 is 0.526 bits per heavy atom. The second kappa shape index (κ2) is 11.8. The number of benzene rings is 6. The van der Waals surface area contributed by atoms with Crippen molar-refractivity contribution < 1.29 is 0 Å². The summed E-state index contributed by atoms with van der Waals surface area (Å²) in [5, 5.41) is 0. The molecule has 0 unspecified atom stereocenters. The van der Waals surface area contributed by atoms with E-state index in [0.29, 0.717) is 0 Å². The van der Waals surface area contributed by atoms with Gasteiger partial charge in [-0.3, -0.25) is 0 Å². The van der Waals surface area contributed by atoms with E-state index in [0.717, 1.165) is 45.0 Å². The number of hydrogen-bond donors (Lipinski definition) is 0. The summed E-state index contributed by atoms with van der Waals surface area (Å²) < 4.78 is 0. The predicted molar refractivity (Wildman–Crippen MR) is 236 cm³/mol. The zero-order valence-corrected chi connectivity index (χ0v) is 33.4. The van der Waals surface area contributed by atoms with Crippen LogP contribution in [-0.4, -0.2) is 9.97 Å². The summed E-state index contributed by atoms with van der Waals surface area (Å²) in [6.45, 7) is 14.0. The van der Waals surface area contributed by atoms with Crippen molar-refractivity contribution in [3.05, 3.63) is 191 Å². The van der Waals surface area contributed by atoms with Gasteiger partial charge < -0.3 is 0 Å². The predicted octanol–water partition coefficient (Wildman–Crippen LogP) is 14.1. The van der Waals surface area contributed by atoms with Gasteiger partial charge in [0, 0.05) is 38.5 Å². The number of fused-ring (bicyclic) bond motifs is 9. The summed E-state index contributed by atoms with van der Waals surface area (Å²) in [7, 11) is 0. The van der Waals surface area contributed by atoms with Crippen molar-refractivity contribution in [2.75, 3.05) is 0 Å². The number of rotatable bonds is 4. The Balaban J connectivity index is 0.904. The van der Waals surface area contributed by atoms with Crippen molar-refractivity contribution in [3.8, 4) is 78.4 Å². The van der Waals surface area contributed by atoms with Crippen molar-refractivity contribution in [1.29, 1.82) is 0 Å². The van der Waals surface area contributed by atoms with Crippen molar-refractivity contribution in [3.63, 3.8) is 0 Å². The molecule has 2 aromatic heterocycles. The van der Waals surface area contributed by atoms with Gasteiger partial charge in [-0.15, -0.1) is 0 Å². The number of hydrogen-bond acceptors (Lipinski definition) is 2. The van der Waals surface area contributed by atoms with E-state index in [-0.39, 0.29) is 16.2 Å². The van der Waals surface area contributed by atoms with E-state index in [1.807, 2.05) is 0 Å². The van der Waals surface area contributed by atoms with E-state index in [9.17, 15) is 0 Å². The van der Waals surface area contributed by atoms with Crippen LogP contribution in [0.25, 0.3) is 78.4 Å². The Kier molecular flexibility index (Phi) is 7.03. The van der Waals surface area contributed by atoms with Crippen LogP contribution in [0.5, 0.6) is 0 Å². The third-order valence-corrected chi connectivity index (χ3v) is 13.5. The molecule has 0 saturated heterocycles. The van der Waals surface area contributed by atoms with Crippen molar-refractivity contribution >= 4 is 0 Å². The lowest BCUT2D eigenvalue weighted by atomic mass is 9.81. The number of nitrogens with zero attached hydrogens (tertiary/aromatic N) is 2. The first-order chi connectivity index (χ1) is 27.5. The second-order valence-corrected chi connectivity index (χ2v) is 17.8. The van der Waals surface area contributed by atoms with Crippen LogP contribution in [0.1, 0.15) is 74.9 Å². The fourth-order valence-corrected chi connectivity index (χ4v) is 10.3. The fourth-order valence-electron chi connectivity index (χ4n) is 10.3. The third-order valence-electron chi connectivity index (χ3n) is 13.5. The molecule has 0 radical (unpaired) electrons. The monoisotopic (exact) mass is 732 g/mol. The van der Waals surface area contributed by atoms with Gasteiger partial charge >= 0.3 is 0 Å². The van der Waals surface area contributed by atoms with Crippen LogP contribution in [0.2, 0.25) is 0 Å². The van der Waals surface area contributed by atoms with E-state index in [1.165, 1.54) is 66.8 Å². The molecule has 8 aromatic rings. The van der Waals surface area contributed by atoms with Gasteiger partial charge in [0.05, 0.1) is 22.8 Å².